The summed E-state index contributed by atoms with van der Waals surface area (Å²) in [6.07, 6.45) is 2.66. The molecule has 2 aliphatic rings. The highest BCUT2D eigenvalue weighted by atomic mass is 16.5. The van der Waals surface area contributed by atoms with Gasteiger partial charge in [0.15, 0.2) is 0 Å². The number of aromatic nitrogens is 1. The molecule has 0 spiro atoms. The van der Waals surface area contributed by atoms with Gasteiger partial charge in [0, 0.05) is 31.4 Å². The normalized spacial score (nSPS) is 20.2. The van der Waals surface area contributed by atoms with Crippen molar-refractivity contribution in [2.45, 2.75) is 32.4 Å². The van der Waals surface area contributed by atoms with E-state index in [1.807, 2.05) is 0 Å². The van der Waals surface area contributed by atoms with Crippen LogP contribution in [0, 0.1) is 6.92 Å². The van der Waals surface area contributed by atoms with Gasteiger partial charge in [-0.25, -0.2) is 4.98 Å². The zero-order valence-electron chi connectivity index (χ0n) is 11.0. The fourth-order valence-electron chi connectivity index (χ4n) is 2.27. The molecule has 0 unspecified atom stereocenters. The summed E-state index contributed by atoms with van der Waals surface area (Å²) in [5.41, 5.74) is 2.46. The lowest BCUT2D eigenvalue weighted by atomic mass is 10.2. The molecule has 1 aliphatic carbocycles. The second kappa shape index (κ2) is 5.24. The third kappa shape index (κ3) is 2.82. The van der Waals surface area contributed by atoms with Gasteiger partial charge in [-0.2, -0.15) is 0 Å². The molecule has 0 radical (unpaired) electrons. The van der Waals surface area contributed by atoms with Gasteiger partial charge in [-0.15, -0.1) is 0 Å². The van der Waals surface area contributed by atoms with Crippen LogP contribution in [0.1, 0.15) is 24.1 Å². The Morgan fingerprint density at radius 2 is 2.11 bits per heavy atom. The topological polar surface area (TPSA) is 37.4 Å². The fraction of sp³-hybridized carbons (Fsp3) is 0.643. The van der Waals surface area contributed by atoms with Gasteiger partial charge in [0.25, 0.3) is 0 Å². The summed E-state index contributed by atoms with van der Waals surface area (Å²) in [4.78, 5) is 7.03. The van der Waals surface area contributed by atoms with Gasteiger partial charge in [-0.1, -0.05) is 6.07 Å². The van der Waals surface area contributed by atoms with E-state index in [4.69, 9.17) is 9.72 Å². The zero-order chi connectivity index (χ0) is 12.4. The van der Waals surface area contributed by atoms with E-state index in [1.54, 1.807) is 0 Å². The van der Waals surface area contributed by atoms with Crippen molar-refractivity contribution >= 4 is 5.82 Å². The molecule has 0 atom stereocenters. The average Bonchev–Trinajstić information content (AvgIpc) is 3.22. The Morgan fingerprint density at radius 1 is 1.33 bits per heavy atom. The number of aryl methyl sites for hydroxylation is 1. The maximum atomic E-state index is 5.37. The molecule has 1 aromatic rings. The lowest BCUT2D eigenvalue weighted by molar-refractivity contribution is 0.122. The third-order valence-electron chi connectivity index (χ3n) is 3.67. The molecule has 2 heterocycles. The summed E-state index contributed by atoms with van der Waals surface area (Å²) < 4.78 is 5.37. The summed E-state index contributed by atoms with van der Waals surface area (Å²) in [6.45, 7) is 6.58. The first-order chi connectivity index (χ1) is 8.83. The highest BCUT2D eigenvalue weighted by Gasteiger charge is 2.20. The van der Waals surface area contributed by atoms with E-state index >= 15 is 0 Å². The Labute approximate surface area is 108 Å². The smallest absolute Gasteiger partial charge is 0.128 e. The second-order valence-corrected chi connectivity index (χ2v) is 5.17. The van der Waals surface area contributed by atoms with Gasteiger partial charge in [0.05, 0.1) is 13.2 Å². The molecule has 0 aromatic carbocycles. The Hall–Kier alpha value is -1.13. The number of hydrogen-bond acceptors (Lipinski definition) is 4. The highest BCUT2D eigenvalue weighted by Crippen LogP contribution is 2.21. The predicted octanol–water partition coefficient (Wildman–Crippen LogP) is 1.48. The number of anilines is 1. The first-order valence-corrected chi connectivity index (χ1v) is 6.85. The first kappa shape index (κ1) is 11.9. The lowest BCUT2D eigenvalue weighted by Crippen LogP contribution is -2.36. The van der Waals surface area contributed by atoms with Gasteiger partial charge in [-0.3, -0.25) is 0 Å². The molecule has 18 heavy (non-hydrogen) atoms. The molecular weight excluding hydrogens is 226 g/mol. The van der Waals surface area contributed by atoms with Gasteiger partial charge in [0.2, 0.25) is 0 Å². The van der Waals surface area contributed by atoms with Crippen LogP contribution in [0.3, 0.4) is 0 Å². The van der Waals surface area contributed by atoms with E-state index < -0.39 is 0 Å². The number of nitrogens with one attached hydrogen (secondary N) is 1. The molecule has 3 rings (SSSR count). The Balaban J connectivity index is 1.66. The van der Waals surface area contributed by atoms with Crippen molar-refractivity contribution in [3.63, 3.8) is 0 Å². The molecule has 2 fully saturated rings. The molecule has 98 valence electrons. The van der Waals surface area contributed by atoms with E-state index in [0.717, 1.165) is 50.4 Å². The van der Waals surface area contributed by atoms with Crippen LogP contribution in [0.25, 0.3) is 0 Å². The summed E-state index contributed by atoms with van der Waals surface area (Å²) in [5, 5.41) is 3.54. The molecule has 1 N–H and O–H groups in total. The molecule has 1 aliphatic heterocycles. The van der Waals surface area contributed by atoms with Crippen molar-refractivity contribution in [2.75, 3.05) is 31.2 Å². The van der Waals surface area contributed by atoms with E-state index in [2.05, 4.69) is 29.3 Å². The van der Waals surface area contributed by atoms with E-state index in [0.29, 0.717) is 0 Å². The third-order valence-corrected chi connectivity index (χ3v) is 3.67. The largest absolute Gasteiger partial charge is 0.378 e. The molecule has 4 heteroatoms. The van der Waals surface area contributed by atoms with Crippen molar-refractivity contribution in [3.05, 3.63) is 23.4 Å². The number of morpholine rings is 1. The number of rotatable bonds is 4. The molecule has 1 aromatic heterocycles. The van der Waals surface area contributed by atoms with Crippen LogP contribution < -0.4 is 10.2 Å². The fourth-order valence-corrected chi connectivity index (χ4v) is 2.27. The quantitative estimate of drug-likeness (QED) is 0.874. The monoisotopic (exact) mass is 247 g/mol. The molecular formula is C14H21N3O. The molecule has 0 amide bonds. The summed E-state index contributed by atoms with van der Waals surface area (Å²) >= 11 is 0. The Morgan fingerprint density at radius 3 is 2.78 bits per heavy atom. The Bertz CT molecular complexity index is 412. The first-order valence-electron chi connectivity index (χ1n) is 6.85. The van der Waals surface area contributed by atoms with E-state index in [9.17, 15) is 0 Å². The number of pyridine rings is 1. The minimum atomic E-state index is 0.753. The summed E-state index contributed by atoms with van der Waals surface area (Å²) in [5.74, 6) is 1.09. The molecule has 0 bridgehead atoms. The van der Waals surface area contributed by atoms with Crippen LogP contribution in [0.15, 0.2) is 12.1 Å². The highest BCUT2D eigenvalue weighted by molar-refractivity contribution is 5.42. The second-order valence-electron chi connectivity index (χ2n) is 5.17. The predicted molar refractivity (Wildman–Crippen MR) is 71.9 cm³/mol. The number of ether oxygens (including phenoxy) is 1. The van der Waals surface area contributed by atoms with E-state index in [-0.39, 0.29) is 0 Å². The summed E-state index contributed by atoms with van der Waals surface area (Å²) in [6, 6.07) is 5.10. The SMILES string of the molecule is Cc1nc(N2CCOCC2)ccc1CNC1CC1. The minimum absolute atomic E-state index is 0.753. The van der Waals surface area contributed by atoms with Crippen molar-refractivity contribution in [1.82, 2.24) is 10.3 Å². The van der Waals surface area contributed by atoms with E-state index in [1.165, 1.54) is 18.4 Å². The standard InChI is InChI=1S/C14H21N3O/c1-11-12(10-15-13-3-4-13)2-5-14(16-11)17-6-8-18-9-7-17/h2,5,13,15H,3-4,6-10H2,1H3. The van der Waals surface area contributed by atoms with Crippen molar-refractivity contribution in [3.8, 4) is 0 Å². The number of hydrogen-bond donors (Lipinski definition) is 1. The van der Waals surface area contributed by atoms with Crippen LogP contribution in [-0.2, 0) is 11.3 Å². The average molecular weight is 247 g/mol. The van der Waals surface area contributed by atoms with Crippen molar-refractivity contribution in [1.29, 1.82) is 0 Å². The van der Waals surface area contributed by atoms with Gasteiger partial charge >= 0.3 is 0 Å². The Kier molecular flexibility index (Phi) is 3.48. The minimum Gasteiger partial charge on any atom is -0.378 e. The lowest BCUT2D eigenvalue weighted by Gasteiger charge is -2.28. The van der Waals surface area contributed by atoms with Crippen LogP contribution in [0.5, 0.6) is 0 Å². The number of nitrogens with zero attached hydrogens (tertiary/aromatic N) is 2. The van der Waals surface area contributed by atoms with Crippen LogP contribution in [-0.4, -0.2) is 37.3 Å². The van der Waals surface area contributed by atoms with Crippen molar-refractivity contribution < 1.29 is 4.74 Å². The van der Waals surface area contributed by atoms with Gasteiger partial charge < -0.3 is 15.0 Å². The van der Waals surface area contributed by atoms with Crippen LogP contribution in [0.2, 0.25) is 0 Å². The van der Waals surface area contributed by atoms with Crippen LogP contribution in [0.4, 0.5) is 5.82 Å². The molecule has 1 saturated carbocycles. The summed E-state index contributed by atoms with van der Waals surface area (Å²) in [7, 11) is 0. The van der Waals surface area contributed by atoms with Crippen molar-refractivity contribution in [2.24, 2.45) is 0 Å². The maximum Gasteiger partial charge on any atom is 0.128 e. The zero-order valence-corrected chi connectivity index (χ0v) is 11.0. The molecule has 4 nitrogen and oxygen atoms in total. The van der Waals surface area contributed by atoms with Crippen LogP contribution >= 0.6 is 0 Å². The van der Waals surface area contributed by atoms with Gasteiger partial charge in [0.1, 0.15) is 5.82 Å². The molecule has 1 saturated heterocycles. The van der Waals surface area contributed by atoms with Gasteiger partial charge in [-0.05, 0) is 31.4 Å². The maximum absolute atomic E-state index is 5.37.